The number of hydrogen-bond donors (Lipinski definition) is 2. The summed E-state index contributed by atoms with van der Waals surface area (Å²) in [7, 11) is -5.72. The standard InChI is InChI=1S/C17H27NO3S.C10H13ClO2S.C10H15NO2S.C7H13ClO.CH4.HI/c1-8-10(2)14(6)17(19)18-22(20,21)16-12(4)9-11(3)13(5)15(16)7;2*1-6-5-7(2)10(14(11,12)13)9(4)8(6)3;1-4-5(2)6(3)7(8)9;;/h9-10,14H,8H2,1-7H3,(H,18,19);5H,1-4H3;5H,1-4H3,(H2,11,12,13);5-6H,4H2,1-3H3;1H4;1H. The molecule has 4 atom stereocenters. The number of nitrogens with one attached hydrogen (secondary N) is 1. The molecule has 3 aromatic carbocycles. The predicted molar refractivity (Wildman–Crippen MR) is 266 cm³/mol. The monoisotopic (exact) mass is 1060 g/mol. The first kappa shape index (κ1) is 63.2. The molecule has 3 rings (SSSR count). The smallest absolute Gasteiger partial charge is 0.264 e. The normalized spacial score (nSPS) is 13.1. The number of amides is 1. The number of sulfonamides is 2. The number of primary sulfonamides is 1. The van der Waals surface area contributed by atoms with Gasteiger partial charge in [-0.05, 0) is 173 Å². The second kappa shape index (κ2) is 26.0. The van der Waals surface area contributed by atoms with E-state index in [4.69, 9.17) is 27.4 Å². The minimum Gasteiger partial charge on any atom is -0.281 e. The van der Waals surface area contributed by atoms with Gasteiger partial charge in [0.1, 0.15) is 0 Å². The Balaban J connectivity index is -0.000000762. The molecule has 61 heavy (non-hydrogen) atoms. The molecule has 1 amide bonds. The Morgan fingerprint density at radius 1 is 0.557 bits per heavy atom. The van der Waals surface area contributed by atoms with Crippen molar-refractivity contribution in [3.63, 3.8) is 0 Å². The van der Waals surface area contributed by atoms with Crippen LogP contribution in [-0.4, -0.2) is 36.4 Å². The van der Waals surface area contributed by atoms with Gasteiger partial charge in [-0.1, -0.05) is 80.0 Å². The molecule has 0 bridgehead atoms. The lowest BCUT2D eigenvalue weighted by atomic mass is 9.93. The highest BCUT2D eigenvalue weighted by atomic mass is 127. The second-order valence-corrected chi connectivity index (χ2v) is 21.9. The molecule has 3 N–H and O–H groups in total. The van der Waals surface area contributed by atoms with Gasteiger partial charge in [0.15, 0.2) is 0 Å². The fourth-order valence-corrected chi connectivity index (χ4v) is 11.0. The molecule has 3 aromatic rings. The summed E-state index contributed by atoms with van der Waals surface area (Å²) in [6.07, 6.45) is 1.84. The molecule has 0 saturated heterocycles. The fourth-order valence-electron chi connectivity index (χ4n) is 6.47. The molecule has 0 aromatic heterocycles. The maximum Gasteiger partial charge on any atom is 0.264 e. The molecule has 0 spiro atoms. The van der Waals surface area contributed by atoms with E-state index in [1.807, 2.05) is 87.4 Å². The van der Waals surface area contributed by atoms with Gasteiger partial charge in [0.2, 0.25) is 21.2 Å². The Labute approximate surface area is 396 Å². The van der Waals surface area contributed by atoms with Crippen LogP contribution < -0.4 is 9.86 Å². The van der Waals surface area contributed by atoms with E-state index in [1.54, 1.807) is 48.5 Å². The SMILES string of the molecule is C.CCC(C)C(C)C(=O)Cl.CCC(C)C(C)C(=O)NS(=O)(=O)c1c(C)cc(C)c(C)c1C.Cc1cc(C)c(S(=O)(=O)Cl)c(C)c1C.Cc1cc(C)c(S(N)(=O)=O)c(C)c1C.I. The molecule has 0 radical (unpaired) electrons. The van der Waals surface area contributed by atoms with Crippen molar-refractivity contribution in [2.75, 3.05) is 0 Å². The van der Waals surface area contributed by atoms with Gasteiger partial charge in [-0.3, -0.25) is 9.59 Å². The zero-order valence-corrected chi connectivity index (χ0v) is 45.0. The van der Waals surface area contributed by atoms with Crippen molar-refractivity contribution in [2.24, 2.45) is 28.8 Å². The number of benzene rings is 3. The molecular formula is C45H73Cl2IN2O8S3. The van der Waals surface area contributed by atoms with Crippen molar-refractivity contribution < 1.29 is 34.8 Å². The van der Waals surface area contributed by atoms with Crippen LogP contribution in [0.2, 0.25) is 0 Å². The minimum atomic E-state index is -3.85. The zero-order valence-electron chi connectivity index (χ0n) is 38.7. The summed E-state index contributed by atoms with van der Waals surface area (Å²) in [5.41, 5.74) is 10.4. The van der Waals surface area contributed by atoms with Crippen LogP contribution in [0.1, 0.15) is 129 Å². The molecular weight excluding hydrogens is 991 g/mol. The molecule has 16 heteroatoms. The van der Waals surface area contributed by atoms with Gasteiger partial charge < -0.3 is 0 Å². The number of carbonyl (C=O) groups is 2. The van der Waals surface area contributed by atoms with Crippen molar-refractivity contribution in [3.8, 4) is 0 Å². The largest absolute Gasteiger partial charge is 0.281 e. The van der Waals surface area contributed by atoms with Gasteiger partial charge in [-0.2, -0.15) is 0 Å². The van der Waals surface area contributed by atoms with Crippen molar-refractivity contribution in [1.29, 1.82) is 0 Å². The highest BCUT2D eigenvalue weighted by Gasteiger charge is 2.28. The Morgan fingerprint density at radius 3 is 1.15 bits per heavy atom. The summed E-state index contributed by atoms with van der Waals surface area (Å²) in [5, 5.41) is 4.93. The first-order valence-corrected chi connectivity index (χ1v) is 25.3. The molecule has 0 heterocycles. The van der Waals surface area contributed by atoms with Gasteiger partial charge in [0, 0.05) is 22.5 Å². The lowest BCUT2D eigenvalue weighted by molar-refractivity contribution is -0.124. The summed E-state index contributed by atoms with van der Waals surface area (Å²) >= 11 is 5.26. The van der Waals surface area contributed by atoms with Crippen molar-refractivity contribution in [3.05, 3.63) is 85.0 Å². The van der Waals surface area contributed by atoms with Crippen LogP contribution in [-0.2, 0) is 38.7 Å². The first-order chi connectivity index (χ1) is 26.6. The van der Waals surface area contributed by atoms with Crippen LogP contribution in [0.4, 0.5) is 0 Å². The van der Waals surface area contributed by atoms with Crippen LogP contribution in [0.15, 0.2) is 32.9 Å². The Morgan fingerprint density at radius 2 is 0.852 bits per heavy atom. The average molecular weight is 1060 g/mol. The highest BCUT2D eigenvalue weighted by molar-refractivity contribution is 14.0. The highest BCUT2D eigenvalue weighted by Crippen LogP contribution is 2.29. The number of aryl methyl sites for hydroxylation is 6. The van der Waals surface area contributed by atoms with E-state index < -0.39 is 35.0 Å². The van der Waals surface area contributed by atoms with Crippen molar-refractivity contribution >= 4 is 86.5 Å². The Hall–Kier alpha value is -2.08. The van der Waals surface area contributed by atoms with Gasteiger partial charge in [0.05, 0.1) is 14.7 Å². The lowest BCUT2D eigenvalue weighted by Gasteiger charge is -2.20. The van der Waals surface area contributed by atoms with Crippen molar-refractivity contribution in [1.82, 2.24) is 4.72 Å². The fraction of sp³-hybridized carbons (Fsp3) is 0.556. The van der Waals surface area contributed by atoms with Crippen LogP contribution in [0.25, 0.3) is 0 Å². The van der Waals surface area contributed by atoms with Crippen LogP contribution in [0.5, 0.6) is 0 Å². The van der Waals surface area contributed by atoms with Gasteiger partial charge in [-0.25, -0.2) is 35.1 Å². The third kappa shape index (κ3) is 17.8. The molecule has 0 aliphatic heterocycles. The van der Waals surface area contributed by atoms with Crippen LogP contribution in [0.3, 0.4) is 0 Å². The van der Waals surface area contributed by atoms with E-state index in [0.29, 0.717) is 28.2 Å². The molecule has 0 aliphatic rings. The third-order valence-corrected chi connectivity index (χ3v) is 16.4. The van der Waals surface area contributed by atoms with Crippen LogP contribution in [0, 0.1) is 107 Å². The van der Waals surface area contributed by atoms with Gasteiger partial charge in [-0.15, -0.1) is 24.0 Å². The number of halogens is 3. The molecule has 4 unspecified atom stereocenters. The number of carbonyl (C=O) groups excluding carboxylic acids is 2. The summed E-state index contributed by atoms with van der Waals surface area (Å²) < 4.78 is 72.8. The minimum absolute atomic E-state index is 0. The molecule has 0 saturated carbocycles. The number of hydrogen-bond acceptors (Lipinski definition) is 8. The summed E-state index contributed by atoms with van der Waals surface area (Å²) in [4.78, 5) is 23.5. The molecule has 0 aliphatic carbocycles. The quantitative estimate of drug-likeness (QED) is 0.149. The predicted octanol–water partition coefficient (Wildman–Crippen LogP) is 11.5. The van der Waals surface area contributed by atoms with E-state index >= 15 is 0 Å². The third-order valence-electron chi connectivity index (χ3n) is 11.7. The average Bonchev–Trinajstić information content (AvgIpc) is 3.09. The maximum atomic E-state index is 12.6. The Kier molecular flexibility index (Phi) is 27.0. The molecule has 350 valence electrons. The Bertz CT molecular complexity index is 2260. The van der Waals surface area contributed by atoms with E-state index in [0.717, 1.165) is 57.3 Å². The number of rotatable bonds is 10. The van der Waals surface area contributed by atoms with E-state index in [9.17, 15) is 34.8 Å². The summed E-state index contributed by atoms with van der Waals surface area (Å²) in [6, 6.07) is 5.54. The summed E-state index contributed by atoms with van der Waals surface area (Å²) in [6.45, 7) is 33.9. The number of nitrogens with two attached hydrogens (primary N) is 1. The van der Waals surface area contributed by atoms with E-state index in [1.165, 1.54) is 0 Å². The topological polar surface area (TPSA) is 175 Å². The summed E-state index contributed by atoms with van der Waals surface area (Å²) in [5.74, 6) is -0.220. The van der Waals surface area contributed by atoms with Gasteiger partial charge in [0.25, 0.3) is 19.1 Å². The lowest BCUT2D eigenvalue weighted by Crippen LogP contribution is -2.37. The van der Waals surface area contributed by atoms with Crippen LogP contribution >= 0.6 is 46.3 Å². The second-order valence-electron chi connectivity index (χ2n) is 15.9. The maximum absolute atomic E-state index is 12.6. The van der Waals surface area contributed by atoms with Crippen molar-refractivity contribution in [2.45, 2.75) is 160 Å². The first-order valence-electron chi connectivity index (χ1n) is 19.6. The molecule has 0 fully saturated rings. The van der Waals surface area contributed by atoms with E-state index in [-0.39, 0.29) is 69.1 Å². The zero-order chi connectivity index (χ0) is 46.9. The van der Waals surface area contributed by atoms with Gasteiger partial charge >= 0.3 is 0 Å². The van der Waals surface area contributed by atoms with E-state index in [2.05, 4.69) is 11.6 Å². The molecule has 10 nitrogen and oxygen atoms in total.